The summed E-state index contributed by atoms with van der Waals surface area (Å²) >= 11 is 0. The van der Waals surface area contributed by atoms with E-state index in [-0.39, 0.29) is 18.4 Å². The molecule has 0 saturated carbocycles. The van der Waals surface area contributed by atoms with Gasteiger partial charge in [0.1, 0.15) is 11.6 Å². The van der Waals surface area contributed by atoms with Gasteiger partial charge in [0.05, 0.1) is 12.1 Å². The number of carbonyl (C=O) groups excluding carboxylic acids is 2. The van der Waals surface area contributed by atoms with Crippen LogP contribution >= 0.6 is 0 Å². The molecule has 2 aliphatic rings. The van der Waals surface area contributed by atoms with Crippen LogP contribution in [0, 0.1) is 13.8 Å². The molecule has 0 aliphatic carbocycles. The van der Waals surface area contributed by atoms with Gasteiger partial charge in [-0.3, -0.25) is 14.6 Å². The van der Waals surface area contributed by atoms with E-state index in [0.717, 1.165) is 16.9 Å². The highest BCUT2D eigenvalue weighted by atomic mass is 16.5. The summed E-state index contributed by atoms with van der Waals surface area (Å²) in [6.07, 6.45) is 6.30. The highest BCUT2D eigenvalue weighted by molar-refractivity contribution is 5.96. The molecule has 0 N–H and O–H groups in total. The van der Waals surface area contributed by atoms with Gasteiger partial charge in [0.15, 0.2) is 0 Å². The first kappa shape index (κ1) is 24.7. The molecule has 2 aliphatic heterocycles. The highest BCUT2D eigenvalue weighted by Gasteiger charge is 2.48. The summed E-state index contributed by atoms with van der Waals surface area (Å²) in [4.78, 5) is 42.1. The molecule has 37 heavy (non-hydrogen) atoms. The monoisotopic (exact) mass is 499 g/mol. The first-order valence-electron chi connectivity index (χ1n) is 12.9. The zero-order valence-electron chi connectivity index (χ0n) is 21.5. The zero-order valence-corrected chi connectivity index (χ0v) is 21.5. The number of piperazine rings is 1. The van der Waals surface area contributed by atoms with E-state index >= 15 is 0 Å². The normalized spacial score (nSPS) is 20.0. The van der Waals surface area contributed by atoms with Gasteiger partial charge in [-0.2, -0.15) is 0 Å². The van der Waals surface area contributed by atoms with Crippen LogP contribution < -0.4 is 9.64 Å². The van der Waals surface area contributed by atoms with E-state index in [2.05, 4.69) is 14.9 Å². The molecular formula is C29H33N5O3. The minimum atomic E-state index is -1.15. The molecule has 8 nitrogen and oxygen atoms in total. The second-order valence-corrected chi connectivity index (χ2v) is 9.90. The van der Waals surface area contributed by atoms with Gasteiger partial charge in [-0.15, -0.1) is 0 Å². The van der Waals surface area contributed by atoms with Crippen molar-refractivity contribution in [3.05, 3.63) is 83.8 Å². The Morgan fingerprint density at radius 2 is 1.68 bits per heavy atom. The maximum atomic E-state index is 14.2. The number of likely N-dealkylation sites (tertiary alicyclic amines) is 1. The van der Waals surface area contributed by atoms with Crippen molar-refractivity contribution >= 4 is 17.6 Å². The summed E-state index contributed by atoms with van der Waals surface area (Å²) in [7, 11) is 0. The predicted octanol–water partition coefficient (Wildman–Crippen LogP) is 3.50. The van der Waals surface area contributed by atoms with E-state index in [1.165, 1.54) is 0 Å². The number of piperidine rings is 1. The number of ether oxygens (including phenoxy) is 1. The van der Waals surface area contributed by atoms with Crippen LogP contribution in [0.25, 0.3) is 0 Å². The fraction of sp³-hybridized carbons (Fsp3) is 0.379. The third-order valence-electron chi connectivity index (χ3n) is 7.28. The zero-order chi connectivity index (χ0) is 25.8. The molecule has 1 unspecified atom stereocenters. The van der Waals surface area contributed by atoms with Gasteiger partial charge < -0.3 is 19.4 Å². The summed E-state index contributed by atoms with van der Waals surface area (Å²) in [5.41, 5.74) is 1.40. The molecule has 3 aromatic rings. The quantitative estimate of drug-likeness (QED) is 0.535. The first-order chi connectivity index (χ1) is 17.9. The molecule has 4 heterocycles. The number of anilines is 1. The fourth-order valence-electron chi connectivity index (χ4n) is 5.15. The van der Waals surface area contributed by atoms with Gasteiger partial charge in [0, 0.05) is 51.3 Å². The van der Waals surface area contributed by atoms with Crippen LogP contribution in [0.5, 0.6) is 5.75 Å². The number of amides is 2. The molecule has 0 spiro atoms. The van der Waals surface area contributed by atoms with Crippen molar-refractivity contribution in [1.29, 1.82) is 0 Å². The molecule has 0 bridgehead atoms. The number of carbonyl (C=O) groups is 2. The van der Waals surface area contributed by atoms with E-state index in [0.29, 0.717) is 56.9 Å². The molecule has 192 valence electrons. The summed E-state index contributed by atoms with van der Waals surface area (Å²) in [6, 6.07) is 15.4. The molecule has 2 saturated heterocycles. The number of aryl methyl sites for hydroxylation is 2. The van der Waals surface area contributed by atoms with Crippen molar-refractivity contribution < 1.29 is 14.3 Å². The smallest absolute Gasteiger partial charge is 0.268 e. The van der Waals surface area contributed by atoms with Crippen molar-refractivity contribution in [1.82, 2.24) is 19.8 Å². The number of hydrogen-bond donors (Lipinski definition) is 0. The maximum absolute atomic E-state index is 14.2. The van der Waals surface area contributed by atoms with Gasteiger partial charge in [0.25, 0.3) is 11.8 Å². The molecule has 2 fully saturated rings. The van der Waals surface area contributed by atoms with Crippen molar-refractivity contribution in [2.24, 2.45) is 0 Å². The number of aromatic nitrogens is 2. The van der Waals surface area contributed by atoms with Crippen molar-refractivity contribution in [2.75, 3.05) is 44.2 Å². The number of hydrogen-bond acceptors (Lipinski definition) is 6. The summed E-state index contributed by atoms with van der Waals surface area (Å²) in [5.74, 6) is 1.38. The van der Waals surface area contributed by atoms with Crippen LogP contribution in [-0.4, -0.2) is 76.5 Å². The van der Waals surface area contributed by atoms with Gasteiger partial charge in [0.2, 0.25) is 5.60 Å². The molecule has 1 atom stereocenters. The van der Waals surface area contributed by atoms with E-state index in [1.54, 1.807) is 23.5 Å². The average molecular weight is 500 g/mol. The first-order valence-corrected chi connectivity index (χ1v) is 12.9. The SMILES string of the molecule is Cc1ccc(OC2(C(=O)N3CCN(c4ccccn4)CC3)CCCN(C(=O)c3cnccc3C)C2)cc1. The molecule has 2 amide bonds. The fourth-order valence-corrected chi connectivity index (χ4v) is 5.15. The van der Waals surface area contributed by atoms with E-state index in [9.17, 15) is 9.59 Å². The molecule has 0 radical (unpaired) electrons. The van der Waals surface area contributed by atoms with E-state index in [1.807, 2.05) is 67.3 Å². The Morgan fingerprint density at radius 3 is 2.38 bits per heavy atom. The van der Waals surface area contributed by atoms with Crippen LogP contribution in [0.15, 0.2) is 67.1 Å². The lowest BCUT2D eigenvalue weighted by molar-refractivity contribution is -0.152. The lowest BCUT2D eigenvalue weighted by atomic mass is 9.89. The average Bonchev–Trinajstić information content (AvgIpc) is 2.94. The number of benzene rings is 1. The minimum absolute atomic E-state index is 0.0610. The lowest BCUT2D eigenvalue weighted by Gasteiger charge is -2.45. The number of pyridine rings is 2. The van der Waals surface area contributed by atoms with Gasteiger partial charge in [-0.05, 0) is 62.6 Å². The maximum Gasteiger partial charge on any atom is 0.268 e. The Balaban J connectivity index is 1.39. The summed E-state index contributed by atoms with van der Waals surface area (Å²) in [6.45, 7) is 7.24. The Morgan fingerprint density at radius 1 is 0.892 bits per heavy atom. The molecule has 1 aromatic carbocycles. The van der Waals surface area contributed by atoms with Crippen molar-refractivity contribution in [3.8, 4) is 5.75 Å². The molecule has 5 rings (SSSR count). The third-order valence-corrected chi connectivity index (χ3v) is 7.28. The summed E-state index contributed by atoms with van der Waals surface area (Å²) < 4.78 is 6.54. The van der Waals surface area contributed by atoms with Gasteiger partial charge in [-0.25, -0.2) is 4.98 Å². The Labute approximate surface area is 217 Å². The van der Waals surface area contributed by atoms with Crippen LogP contribution in [0.4, 0.5) is 5.82 Å². The van der Waals surface area contributed by atoms with Crippen LogP contribution in [0.2, 0.25) is 0 Å². The highest BCUT2D eigenvalue weighted by Crippen LogP contribution is 2.32. The van der Waals surface area contributed by atoms with E-state index < -0.39 is 5.60 Å². The van der Waals surface area contributed by atoms with Gasteiger partial charge >= 0.3 is 0 Å². The second-order valence-electron chi connectivity index (χ2n) is 9.90. The standard InChI is InChI=1S/C29H33N5O3/c1-22-7-9-24(10-8-22)37-29(12-5-15-34(21-29)27(35)25-20-30-14-11-23(25)2)28(36)33-18-16-32(17-19-33)26-6-3-4-13-31-26/h3-4,6-11,13-14,20H,5,12,15-19,21H2,1-2H3. The van der Waals surface area contributed by atoms with Crippen molar-refractivity contribution in [2.45, 2.75) is 32.3 Å². The topological polar surface area (TPSA) is 78.9 Å². The predicted molar refractivity (Wildman–Crippen MR) is 142 cm³/mol. The minimum Gasteiger partial charge on any atom is -0.476 e. The lowest BCUT2D eigenvalue weighted by Crippen LogP contribution is -2.64. The van der Waals surface area contributed by atoms with Crippen LogP contribution in [-0.2, 0) is 4.79 Å². The Bertz CT molecular complexity index is 1240. The van der Waals surface area contributed by atoms with Gasteiger partial charge in [-0.1, -0.05) is 23.8 Å². The summed E-state index contributed by atoms with van der Waals surface area (Å²) in [5, 5.41) is 0. The van der Waals surface area contributed by atoms with Crippen LogP contribution in [0.3, 0.4) is 0 Å². The Kier molecular flexibility index (Phi) is 7.08. The third kappa shape index (κ3) is 5.28. The second kappa shape index (κ2) is 10.6. The molecular weight excluding hydrogens is 466 g/mol. The molecule has 2 aromatic heterocycles. The largest absolute Gasteiger partial charge is 0.476 e. The Hall–Kier alpha value is -3.94. The number of nitrogens with zero attached hydrogens (tertiary/aromatic N) is 5. The van der Waals surface area contributed by atoms with Crippen LogP contribution in [0.1, 0.15) is 34.3 Å². The van der Waals surface area contributed by atoms with Crippen molar-refractivity contribution in [3.63, 3.8) is 0 Å². The number of rotatable bonds is 5. The molecule has 8 heteroatoms. The van der Waals surface area contributed by atoms with E-state index in [4.69, 9.17) is 4.74 Å².